The van der Waals surface area contributed by atoms with Gasteiger partial charge < -0.3 is 13.6 Å². The van der Waals surface area contributed by atoms with Crippen LogP contribution in [0.3, 0.4) is 0 Å². The van der Waals surface area contributed by atoms with E-state index in [2.05, 4.69) is 4.99 Å². The molecule has 5 aromatic rings. The Labute approximate surface area is 273 Å². The van der Waals surface area contributed by atoms with Crippen LogP contribution in [0.15, 0.2) is 90.6 Å². The third kappa shape index (κ3) is 5.79. The topological polar surface area (TPSA) is 173 Å². The minimum Gasteiger partial charge on any atom is -0.463 e. The van der Waals surface area contributed by atoms with Crippen LogP contribution in [0.5, 0.6) is 0 Å². The minimum absolute atomic E-state index is 0.0737. The van der Waals surface area contributed by atoms with Gasteiger partial charge in [-0.3, -0.25) is 29.6 Å². The number of carbonyl (C=O) groups excluding carboxylic acids is 1. The number of nitrogens with zero attached hydrogens (tertiary/aromatic N) is 4. The molecule has 15 heteroatoms. The largest absolute Gasteiger partial charge is 0.463 e. The lowest BCUT2D eigenvalue weighted by Crippen LogP contribution is -2.39. The predicted octanol–water partition coefficient (Wildman–Crippen LogP) is 6.10. The van der Waals surface area contributed by atoms with Crippen molar-refractivity contribution >= 4 is 46.4 Å². The molecule has 0 unspecified atom stereocenters. The lowest BCUT2D eigenvalue weighted by molar-refractivity contribution is -0.385. The molecule has 0 spiro atoms. The number of halogens is 1. The average molecular weight is 675 g/mol. The van der Waals surface area contributed by atoms with Crippen molar-refractivity contribution in [3.63, 3.8) is 0 Å². The highest BCUT2D eigenvalue weighted by molar-refractivity contribution is 7.07. The molecule has 4 heterocycles. The summed E-state index contributed by atoms with van der Waals surface area (Å²) in [5.41, 5.74) is 1.18. The van der Waals surface area contributed by atoms with E-state index in [1.54, 1.807) is 51.1 Å². The summed E-state index contributed by atoms with van der Waals surface area (Å²) in [6, 6.07) is 13.7. The van der Waals surface area contributed by atoms with Gasteiger partial charge in [0.2, 0.25) is 0 Å². The Morgan fingerprint density at radius 1 is 1.00 bits per heavy atom. The summed E-state index contributed by atoms with van der Waals surface area (Å²) in [5.74, 6) is 0.366. The van der Waals surface area contributed by atoms with Crippen molar-refractivity contribution < 1.29 is 28.2 Å². The molecule has 2 aromatic carbocycles. The molecule has 238 valence electrons. The third-order valence-corrected chi connectivity index (χ3v) is 8.75. The SMILES string of the molecule is CCOC(=O)C1=C(C)N=c2s/c(=C\c3ccc(-c4cc([N+](=O)[O-])ccc4C)o3)c(=O)n2[C@H]1c1ccc(-c2cc([N+](=O)[O-])ccc2Cl)o1. The van der Waals surface area contributed by atoms with E-state index >= 15 is 0 Å². The number of ether oxygens (including phenoxy) is 1. The zero-order valence-electron chi connectivity index (χ0n) is 24.9. The number of aryl methyl sites for hydroxylation is 1. The van der Waals surface area contributed by atoms with E-state index in [1.807, 2.05) is 0 Å². The molecule has 0 radical (unpaired) electrons. The van der Waals surface area contributed by atoms with Gasteiger partial charge in [0.05, 0.1) is 37.3 Å². The number of hydrogen-bond donors (Lipinski definition) is 0. The standard InChI is InChI=1S/C32H23ClN4O9S/c1-4-44-31(39)28-17(3)34-32-35(29(28)26-12-11-25(46-26)22-14-19(37(42)43)7-9-23(22)33)30(38)27(47-32)15-20-8-10-24(45-20)21-13-18(36(40)41)6-5-16(21)2/h5-15,29H,4H2,1-3H3/b27-15-/t29-/m0/s1. The Balaban J connectivity index is 1.46. The van der Waals surface area contributed by atoms with E-state index in [0.717, 1.165) is 16.9 Å². The molecule has 0 aliphatic carbocycles. The molecule has 6 rings (SSSR count). The van der Waals surface area contributed by atoms with Gasteiger partial charge >= 0.3 is 5.97 Å². The number of nitro benzene ring substituents is 2. The highest BCUT2D eigenvalue weighted by atomic mass is 35.5. The van der Waals surface area contributed by atoms with E-state index in [0.29, 0.717) is 22.8 Å². The molecule has 0 saturated heterocycles. The lowest BCUT2D eigenvalue weighted by atomic mass is 10.0. The first-order valence-corrected chi connectivity index (χ1v) is 15.2. The molecule has 3 aromatic heterocycles. The Kier molecular flexibility index (Phi) is 8.21. The summed E-state index contributed by atoms with van der Waals surface area (Å²) in [6.07, 6.45) is 1.52. The predicted molar refractivity (Wildman–Crippen MR) is 172 cm³/mol. The fraction of sp³-hybridized carbons (Fsp3) is 0.156. The molecule has 1 aliphatic rings. The maximum atomic E-state index is 14.0. The van der Waals surface area contributed by atoms with Crippen LogP contribution in [0.25, 0.3) is 28.7 Å². The van der Waals surface area contributed by atoms with Crippen molar-refractivity contribution in [3.05, 3.63) is 134 Å². The number of rotatable bonds is 8. The first-order chi connectivity index (χ1) is 22.5. The highest BCUT2D eigenvalue weighted by Crippen LogP contribution is 2.37. The number of thiazole rings is 1. The number of fused-ring (bicyclic) bond motifs is 1. The molecule has 0 saturated carbocycles. The van der Waals surface area contributed by atoms with Crippen molar-refractivity contribution in [1.29, 1.82) is 0 Å². The van der Waals surface area contributed by atoms with Crippen molar-refractivity contribution in [1.82, 2.24) is 4.57 Å². The van der Waals surface area contributed by atoms with Gasteiger partial charge in [0, 0.05) is 41.5 Å². The summed E-state index contributed by atoms with van der Waals surface area (Å²) >= 11 is 7.42. The number of hydrogen-bond acceptors (Lipinski definition) is 11. The number of aromatic nitrogens is 1. The van der Waals surface area contributed by atoms with Crippen LogP contribution in [-0.2, 0) is 9.53 Å². The van der Waals surface area contributed by atoms with Crippen LogP contribution >= 0.6 is 22.9 Å². The third-order valence-electron chi connectivity index (χ3n) is 7.44. The molecule has 1 atom stereocenters. The molecule has 1 aliphatic heterocycles. The molecule has 0 N–H and O–H groups in total. The fourth-order valence-corrected chi connectivity index (χ4v) is 6.45. The maximum absolute atomic E-state index is 14.0. The number of non-ortho nitro benzene ring substituents is 2. The van der Waals surface area contributed by atoms with Crippen LogP contribution in [0.4, 0.5) is 11.4 Å². The molecule has 0 fully saturated rings. The Hall–Kier alpha value is -5.60. The number of allylic oxidation sites excluding steroid dienone is 1. The molecule has 13 nitrogen and oxygen atoms in total. The number of benzene rings is 2. The molecular weight excluding hydrogens is 652 g/mol. The summed E-state index contributed by atoms with van der Waals surface area (Å²) < 4.78 is 19.0. The summed E-state index contributed by atoms with van der Waals surface area (Å²) in [6.45, 7) is 5.15. The van der Waals surface area contributed by atoms with Crippen LogP contribution < -0.4 is 14.9 Å². The van der Waals surface area contributed by atoms with Crippen molar-refractivity contribution in [2.45, 2.75) is 26.8 Å². The van der Waals surface area contributed by atoms with Gasteiger partial charge in [-0.2, -0.15) is 0 Å². The molecule has 0 amide bonds. The summed E-state index contributed by atoms with van der Waals surface area (Å²) in [4.78, 5) is 53.7. The van der Waals surface area contributed by atoms with E-state index in [9.17, 15) is 29.8 Å². The second-order valence-corrected chi connectivity index (χ2v) is 11.8. The number of furan rings is 2. The summed E-state index contributed by atoms with van der Waals surface area (Å²) in [7, 11) is 0. The van der Waals surface area contributed by atoms with Gasteiger partial charge in [-0.05, 0) is 56.7 Å². The Morgan fingerprint density at radius 3 is 2.36 bits per heavy atom. The normalized spacial score (nSPS) is 14.6. The maximum Gasteiger partial charge on any atom is 0.338 e. The van der Waals surface area contributed by atoms with Crippen LogP contribution in [0.1, 0.15) is 37.0 Å². The Bertz CT molecular complexity index is 2330. The lowest BCUT2D eigenvalue weighted by Gasteiger charge is -2.22. The number of nitro groups is 2. The van der Waals surface area contributed by atoms with Gasteiger partial charge in [-0.15, -0.1) is 0 Å². The quantitative estimate of drug-likeness (QED) is 0.107. The smallest absolute Gasteiger partial charge is 0.338 e. The second kappa shape index (κ2) is 12.3. The summed E-state index contributed by atoms with van der Waals surface area (Å²) in [5, 5.41) is 22.9. The first-order valence-electron chi connectivity index (χ1n) is 14.1. The van der Waals surface area contributed by atoms with Gasteiger partial charge in [0.1, 0.15) is 29.1 Å². The first kappa shape index (κ1) is 31.4. The van der Waals surface area contributed by atoms with E-state index in [4.69, 9.17) is 25.2 Å². The van der Waals surface area contributed by atoms with Crippen LogP contribution in [0.2, 0.25) is 5.02 Å². The van der Waals surface area contributed by atoms with E-state index < -0.39 is 27.4 Å². The number of esters is 1. The van der Waals surface area contributed by atoms with Gasteiger partial charge in [-0.1, -0.05) is 29.0 Å². The highest BCUT2D eigenvalue weighted by Gasteiger charge is 2.35. The molecule has 0 bridgehead atoms. The molecule has 47 heavy (non-hydrogen) atoms. The Morgan fingerprint density at radius 2 is 1.66 bits per heavy atom. The van der Waals surface area contributed by atoms with Crippen molar-refractivity contribution in [3.8, 4) is 22.6 Å². The van der Waals surface area contributed by atoms with Gasteiger partial charge in [0.25, 0.3) is 16.9 Å². The monoisotopic (exact) mass is 674 g/mol. The van der Waals surface area contributed by atoms with Crippen molar-refractivity contribution in [2.24, 2.45) is 4.99 Å². The van der Waals surface area contributed by atoms with Crippen molar-refractivity contribution in [2.75, 3.05) is 6.61 Å². The second-order valence-electron chi connectivity index (χ2n) is 10.4. The number of carbonyl (C=O) groups is 1. The fourth-order valence-electron chi connectivity index (χ4n) is 5.21. The van der Waals surface area contributed by atoms with Crippen LogP contribution in [-0.4, -0.2) is 27.0 Å². The van der Waals surface area contributed by atoms with E-state index in [-0.39, 0.29) is 55.0 Å². The van der Waals surface area contributed by atoms with Gasteiger partial charge in [0.15, 0.2) is 4.80 Å². The minimum atomic E-state index is -1.08. The average Bonchev–Trinajstić information content (AvgIpc) is 3.77. The molecular formula is C32H23ClN4O9S. The zero-order chi connectivity index (χ0) is 33.6. The van der Waals surface area contributed by atoms with Crippen LogP contribution in [0, 0.1) is 27.2 Å². The van der Waals surface area contributed by atoms with E-state index in [1.165, 1.54) is 41.0 Å². The zero-order valence-corrected chi connectivity index (χ0v) is 26.5. The van der Waals surface area contributed by atoms with Gasteiger partial charge in [-0.25, -0.2) is 9.79 Å².